The topological polar surface area (TPSA) is 20.3 Å². The van der Waals surface area contributed by atoms with Gasteiger partial charge in [0, 0.05) is 0 Å². The van der Waals surface area contributed by atoms with Gasteiger partial charge >= 0.3 is 0 Å². The zero-order valence-corrected chi connectivity index (χ0v) is 7.84. The maximum absolute atomic E-state index is 10.5. The molecule has 0 bridgehead atoms. The van der Waals surface area contributed by atoms with E-state index in [2.05, 4.69) is 18.7 Å². The van der Waals surface area contributed by atoms with Gasteiger partial charge in [-0.25, -0.2) is 0 Å². The van der Waals surface area contributed by atoms with Crippen LogP contribution in [0.1, 0.15) is 33.6 Å². The van der Waals surface area contributed by atoms with E-state index in [9.17, 15) is 4.79 Å². The molecule has 0 heterocycles. The zero-order valence-electron chi connectivity index (χ0n) is 7.84. The van der Waals surface area contributed by atoms with Crippen LogP contribution in [0.2, 0.25) is 0 Å². The van der Waals surface area contributed by atoms with E-state index in [1.54, 1.807) is 0 Å². The minimum Gasteiger partial charge on any atom is -0.302 e. The van der Waals surface area contributed by atoms with Gasteiger partial charge in [-0.15, -0.1) is 0 Å². The number of carbonyl (C=O) groups excluding carboxylic acids is 1. The molecule has 0 rings (SSSR count). The lowest BCUT2D eigenvalue weighted by Crippen LogP contribution is -2.35. The van der Waals surface area contributed by atoms with Crippen molar-refractivity contribution in [2.24, 2.45) is 0 Å². The molecule has 0 aliphatic rings. The Balaban J connectivity index is 3.75. The third-order valence-corrected chi connectivity index (χ3v) is 1.79. The third kappa shape index (κ3) is 4.14. The first-order valence-corrected chi connectivity index (χ1v) is 4.45. The molecule has 0 fully saturated rings. The molecule has 2 heteroatoms. The molecule has 0 aromatic carbocycles. The van der Waals surface area contributed by atoms with Gasteiger partial charge in [0.05, 0.1) is 6.04 Å². The molecule has 0 amide bonds. The first-order valence-electron chi connectivity index (χ1n) is 4.45. The second kappa shape index (κ2) is 6.35. The van der Waals surface area contributed by atoms with Crippen molar-refractivity contribution in [2.45, 2.75) is 39.7 Å². The van der Waals surface area contributed by atoms with Gasteiger partial charge in [0.1, 0.15) is 6.29 Å². The highest BCUT2D eigenvalue weighted by Gasteiger charge is 2.09. The molecule has 0 aliphatic heterocycles. The first kappa shape index (κ1) is 10.6. The van der Waals surface area contributed by atoms with Gasteiger partial charge in [0.2, 0.25) is 0 Å². The lowest BCUT2D eigenvalue weighted by atomic mass is 10.2. The van der Waals surface area contributed by atoms with Crippen LogP contribution >= 0.6 is 0 Å². The normalized spacial score (nSPS) is 13.5. The van der Waals surface area contributed by atoms with E-state index in [1.165, 1.54) is 0 Å². The van der Waals surface area contributed by atoms with Crippen molar-refractivity contribution in [2.75, 3.05) is 13.1 Å². The van der Waals surface area contributed by atoms with Crippen LogP contribution < -0.4 is 0 Å². The molecule has 0 aromatic rings. The van der Waals surface area contributed by atoms with Crippen LogP contribution in [0.5, 0.6) is 0 Å². The summed E-state index contributed by atoms with van der Waals surface area (Å²) in [7, 11) is 0. The Morgan fingerprint density at radius 3 is 2.00 bits per heavy atom. The molecule has 0 radical (unpaired) electrons. The van der Waals surface area contributed by atoms with Crippen LogP contribution in [0.15, 0.2) is 0 Å². The summed E-state index contributed by atoms with van der Waals surface area (Å²) in [6.45, 7) is 8.31. The first-order chi connectivity index (χ1) is 5.26. The number of hydrogen-bond acceptors (Lipinski definition) is 2. The Kier molecular flexibility index (Phi) is 6.13. The summed E-state index contributed by atoms with van der Waals surface area (Å²) in [6.07, 6.45) is 3.27. The highest BCUT2D eigenvalue weighted by molar-refractivity contribution is 5.56. The molecule has 11 heavy (non-hydrogen) atoms. The SMILES string of the molecule is CCCN(CCC)C(C)C=O. The highest BCUT2D eigenvalue weighted by Crippen LogP contribution is 1.98. The van der Waals surface area contributed by atoms with Crippen LogP contribution in [0.4, 0.5) is 0 Å². The summed E-state index contributed by atoms with van der Waals surface area (Å²) >= 11 is 0. The minimum absolute atomic E-state index is 0.0925. The Hall–Kier alpha value is -0.370. The molecule has 0 saturated heterocycles. The molecule has 66 valence electrons. The lowest BCUT2D eigenvalue weighted by Gasteiger charge is -2.23. The fraction of sp³-hybridized carbons (Fsp3) is 0.889. The largest absolute Gasteiger partial charge is 0.302 e. The molecular formula is C9H19NO. The highest BCUT2D eigenvalue weighted by atomic mass is 16.1. The van der Waals surface area contributed by atoms with Gasteiger partial charge < -0.3 is 4.79 Å². The molecule has 2 nitrogen and oxygen atoms in total. The van der Waals surface area contributed by atoms with Crippen LogP contribution in [0.3, 0.4) is 0 Å². The average molecular weight is 157 g/mol. The molecule has 0 aromatic heterocycles. The van der Waals surface area contributed by atoms with Crippen LogP contribution in [-0.2, 0) is 4.79 Å². The molecular weight excluding hydrogens is 138 g/mol. The van der Waals surface area contributed by atoms with Gasteiger partial charge in [-0.3, -0.25) is 4.90 Å². The lowest BCUT2D eigenvalue weighted by molar-refractivity contribution is -0.111. The van der Waals surface area contributed by atoms with Crippen molar-refractivity contribution in [1.82, 2.24) is 4.90 Å². The van der Waals surface area contributed by atoms with E-state index in [0.29, 0.717) is 0 Å². The second-order valence-corrected chi connectivity index (χ2v) is 2.91. The number of rotatable bonds is 6. The number of nitrogens with zero attached hydrogens (tertiary/aromatic N) is 1. The summed E-state index contributed by atoms with van der Waals surface area (Å²) in [5.41, 5.74) is 0. The van der Waals surface area contributed by atoms with E-state index in [-0.39, 0.29) is 6.04 Å². The predicted octanol–water partition coefficient (Wildman–Crippen LogP) is 1.70. The zero-order chi connectivity index (χ0) is 8.69. The van der Waals surface area contributed by atoms with Crippen LogP contribution in [0, 0.1) is 0 Å². The predicted molar refractivity (Wildman–Crippen MR) is 47.7 cm³/mol. The number of aldehydes is 1. The fourth-order valence-electron chi connectivity index (χ4n) is 1.18. The molecule has 0 saturated carbocycles. The molecule has 0 N–H and O–H groups in total. The monoisotopic (exact) mass is 157 g/mol. The minimum atomic E-state index is 0.0925. The second-order valence-electron chi connectivity index (χ2n) is 2.91. The van der Waals surface area contributed by atoms with Gasteiger partial charge in [0.25, 0.3) is 0 Å². The van der Waals surface area contributed by atoms with Crippen LogP contribution in [0.25, 0.3) is 0 Å². The number of hydrogen-bond donors (Lipinski definition) is 0. The van der Waals surface area contributed by atoms with Gasteiger partial charge in [0.15, 0.2) is 0 Å². The molecule has 0 aliphatic carbocycles. The van der Waals surface area contributed by atoms with E-state index in [0.717, 1.165) is 32.2 Å². The third-order valence-electron chi connectivity index (χ3n) is 1.79. The summed E-state index contributed by atoms with van der Waals surface area (Å²) in [4.78, 5) is 12.7. The van der Waals surface area contributed by atoms with Gasteiger partial charge in [-0.05, 0) is 32.9 Å². The number of carbonyl (C=O) groups is 1. The summed E-state index contributed by atoms with van der Waals surface area (Å²) in [5.74, 6) is 0. The average Bonchev–Trinajstić information content (AvgIpc) is 2.03. The maximum atomic E-state index is 10.5. The van der Waals surface area contributed by atoms with Crippen molar-refractivity contribution in [3.8, 4) is 0 Å². The summed E-state index contributed by atoms with van der Waals surface area (Å²) in [6, 6.07) is 0.0925. The van der Waals surface area contributed by atoms with E-state index >= 15 is 0 Å². The van der Waals surface area contributed by atoms with E-state index < -0.39 is 0 Å². The Morgan fingerprint density at radius 2 is 1.73 bits per heavy atom. The van der Waals surface area contributed by atoms with Gasteiger partial charge in [-0.1, -0.05) is 13.8 Å². The molecule has 1 atom stereocenters. The Bertz CT molecular complexity index is 97.7. The Labute approximate surface area is 69.6 Å². The van der Waals surface area contributed by atoms with Crippen molar-refractivity contribution in [3.05, 3.63) is 0 Å². The summed E-state index contributed by atoms with van der Waals surface area (Å²) < 4.78 is 0. The van der Waals surface area contributed by atoms with Gasteiger partial charge in [-0.2, -0.15) is 0 Å². The van der Waals surface area contributed by atoms with Crippen molar-refractivity contribution in [1.29, 1.82) is 0 Å². The Morgan fingerprint density at radius 1 is 1.27 bits per heavy atom. The van der Waals surface area contributed by atoms with Crippen molar-refractivity contribution in [3.63, 3.8) is 0 Å². The van der Waals surface area contributed by atoms with E-state index in [4.69, 9.17) is 0 Å². The molecule has 1 unspecified atom stereocenters. The van der Waals surface area contributed by atoms with E-state index in [1.807, 2.05) is 6.92 Å². The maximum Gasteiger partial charge on any atom is 0.136 e. The molecule has 0 spiro atoms. The fourth-order valence-corrected chi connectivity index (χ4v) is 1.18. The summed E-state index contributed by atoms with van der Waals surface area (Å²) in [5, 5.41) is 0. The standard InChI is InChI=1S/C9H19NO/c1-4-6-10(7-5-2)9(3)8-11/h8-9H,4-7H2,1-3H3. The quantitative estimate of drug-likeness (QED) is 0.547. The smallest absolute Gasteiger partial charge is 0.136 e. The van der Waals surface area contributed by atoms with Crippen molar-refractivity contribution < 1.29 is 4.79 Å². The van der Waals surface area contributed by atoms with Crippen LogP contribution in [-0.4, -0.2) is 30.3 Å². The van der Waals surface area contributed by atoms with Crippen molar-refractivity contribution >= 4 is 6.29 Å².